The third-order valence-electron chi connectivity index (χ3n) is 20.2. The van der Waals surface area contributed by atoms with Crippen LogP contribution in [-0.2, 0) is 14.4 Å². The predicted molar refractivity (Wildman–Crippen MR) is 419 cm³/mol. The largest absolute Gasteiger partial charge is 0.390 e. The number of carbonyl (C=O) groups excluding carboxylic acids is 3. The lowest BCUT2D eigenvalue weighted by molar-refractivity contribution is -0.126. The van der Waals surface area contributed by atoms with Crippen LogP contribution in [0.4, 0.5) is 0 Å². The molecule has 0 heterocycles. The van der Waals surface area contributed by atoms with Gasteiger partial charge in [0.15, 0.2) is 0 Å². The maximum Gasteiger partial charge on any atom is 0.234 e. The summed E-state index contributed by atoms with van der Waals surface area (Å²) in [4.78, 5) is 46.8. The topological polar surface area (TPSA) is 150 Å². The average Bonchev–Trinajstić information content (AvgIpc) is 1.81. The molecular weight excluding hydrogens is 1190 g/mol. The fourth-order valence-electron chi connectivity index (χ4n) is 14.0. The Morgan fingerprint density at radius 2 is 0.448 bits per heavy atom. The lowest BCUT2D eigenvalue weighted by atomic mass is 10.1. The molecule has 0 aromatic carbocycles. The Morgan fingerprint density at radius 1 is 0.250 bits per heavy atom. The quantitative estimate of drug-likeness (QED) is 0.0327. The van der Waals surface area contributed by atoms with Crippen molar-refractivity contribution in [2.45, 2.75) is 432 Å². The van der Waals surface area contributed by atoms with Gasteiger partial charge in [-0.3, -0.25) is 19.3 Å². The molecule has 0 rings (SSSR count). The molecule has 12 nitrogen and oxygen atoms in total. The van der Waals surface area contributed by atoms with Gasteiger partial charge in [0.1, 0.15) is 0 Å². The van der Waals surface area contributed by atoms with E-state index in [1.807, 2.05) is 4.90 Å². The second-order valence-corrected chi connectivity index (χ2v) is 30.2. The van der Waals surface area contributed by atoms with Gasteiger partial charge < -0.3 is 41.3 Å². The van der Waals surface area contributed by atoms with Crippen molar-refractivity contribution in [2.24, 2.45) is 0 Å². The number of hydrogen-bond donors (Lipinski definition) is 6. The highest BCUT2D eigenvalue weighted by Gasteiger charge is 2.21. The fraction of sp³-hybridized carbons (Fsp3) is 0.964. The molecule has 6 N–H and O–H groups in total. The van der Waals surface area contributed by atoms with Crippen LogP contribution in [0.2, 0.25) is 0 Å². The molecule has 0 saturated carbocycles. The van der Waals surface area contributed by atoms with Crippen LogP contribution in [0.15, 0.2) is 0 Å². The van der Waals surface area contributed by atoms with E-state index in [1.54, 1.807) is 0 Å². The summed E-state index contributed by atoms with van der Waals surface area (Å²) in [5.74, 6) is -0.128. The van der Waals surface area contributed by atoms with Crippen molar-refractivity contribution in [3.63, 3.8) is 0 Å². The molecule has 0 aliphatic heterocycles. The number of aliphatic hydroxyl groups excluding tert-OH is 2. The highest BCUT2D eigenvalue weighted by Crippen LogP contribution is 2.18. The molecular formula is C84H171N7O5. The Kier molecular flexibility index (Phi) is 77.4. The minimum atomic E-state index is -0.706. The molecule has 0 fully saturated rings. The van der Waals surface area contributed by atoms with Gasteiger partial charge in [0, 0.05) is 45.8 Å². The zero-order valence-electron chi connectivity index (χ0n) is 65.4. The number of rotatable bonds is 82. The van der Waals surface area contributed by atoms with E-state index in [0.717, 1.165) is 96.9 Å². The minimum Gasteiger partial charge on any atom is -0.390 e. The summed E-state index contributed by atoms with van der Waals surface area (Å²) in [5, 5.41) is 36.1. The molecule has 96 heavy (non-hydrogen) atoms. The van der Waals surface area contributed by atoms with Gasteiger partial charge in [-0.15, -0.1) is 0 Å². The summed E-state index contributed by atoms with van der Waals surface area (Å²) in [6.45, 7) is 19.3. The molecule has 0 radical (unpaired) electrons. The zero-order chi connectivity index (χ0) is 69.8. The second kappa shape index (κ2) is 78.9. The molecule has 0 bridgehead atoms. The first-order chi connectivity index (χ1) is 47.2. The summed E-state index contributed by atoms with van der Waals surface area (Å²) in [5.41, 5.74) is 0. The van der Waals surface area contributed by atoms with E-state index < -0.39 is 12.2 Å². The third kappa shape index (κ3) is 73.4. The summed E-state index contributed by atoms with van der Waals surface area (Å²) in [7, 11) is 0. The molecule has 0 spiro atoms. The lowest BCUT2D eigenvalue weighted by Crippen LogP contribution is -2.48. The van der Waals surface area contributed by atoms with Crippen LogP contribution in [0, 0.1) is 0 Å². The first kappa shape index (κ1) is 94.2. The summed E-state index contributed by atoms with van der Waals surface area (Å²) < 4.78 is 0. The number of unbranched alkanes of at least 4 members (excludes halogenated alkanes) is 54. The number of amides is 3. The van der Waals surface area contributed by atoms with Gasteiger partial charge in [0.25, 0.3) is 0 Å². The highest BCUT2D eigenvalue weighted by atomic mass is 16.3. The van der Waals surface area contributed by atoms with Gasteiger partial charge in [-0.2, -0.15) is 0 Å². The van der Waals surface area contributed by atoms with Gasteiger partial charge >= 0.3 is 0 Å². The Balaban J connectivity index is 5.73. The fourth-order valence-corrected chi connectivity index (χ4v) is 14.0. The summed E-state index contributed by atoms with van der Waals surface area (Å²) in [6.07, 6.45) is 75.7. The van der Waals surface area contributed by atoms with E-state index in [1.165, 1.54) is 321 Å². The molecule has 3 amide bonds. The highest BCUT2D eigenvalue weighted by molar-refractivity contribution is 5.81. The molecule has 0 aliphatic rings. The van der Waals surface area contributed by atoms with Crippen LogP contribution in [0.5, 0.6) is 0 Å². The molecule has 572 valence electrons. The molecule has 0 aliphatic carbocycles. The van der Waals surface area contributed by atoms with Crippen molar-refractivity contribution >= 4 is 17.7 Å². The SMILES string of the molecule is CCCCCCCCCCCCCCNC(=O)CNCC(O)CN(CCCCCCCCCCCCCC)CCCCN(CCCCCCCCCCCC)CC(O)CN(CC(=O)NCCCCCCCCCCCCCC)CC(=O)NCCCCCCCCCCCCCC. The van der Waals surface area contributed by atoms with Gasteiger partial charge in [0.05, 0.1) is 31.8 Å². The maximum absolute atomic E-state index is 13.6. The third-order valence-corrected chi connectivity index (χ3v) is 20.2. The molecule has 0 aromatic rings. The van der Waals surface area contributed by atoms with E-state index in [-0.39, 0.29) is 43.9 Å². The number of aliphatic hydroxyl groups is 2. The Hall–Kier alpha value is -1.83. The normalized spacial score (nSPS) is 12.4. The van der Waals surface area contributed by atoms with Crippen molar-refractivity contribution in [3.05, 3.63) is 0 Å². The van der Waals surface area contributed by atoms with Crippen LogP contribution in [0.25, 0.3) is 0 Å². The van der Waals surface area contributed by atoms with Crippen molar-refractivity contribution < 1.29 is 24.6 Å². The number of nitrogens with zero attached hydrogens (tertiary/aromatic N) is 3. The number of hydrogen-bond acceptors (Lipinski definition) is 9. The van der Waals surface area contributed by atoms with Gasteiger partial charge in [-0.1, -0.05) is 375 Å². The van der Waals surface area contributed by atoms with Gasteiger partial charge in [-0.05, 0) is 71.1 Å². The zero-order valence-corrected chi connectivity index (χ0v) is 65.4. The van der Waals surface area contributed by atoms with Crippen LogP contribution in [-0.4, -0.2) is 146 Å². The first-order valence-electron chi connectivity index (χ1n) is 43.2. The van der Waals surface area contributed by atoms with Crippen LogP contribution >= 0.6 is 0 Å². The Labute approximate surface area is 599 Å². The number of nitrogens with one attached hydrogen (secondary N) is 4. The van der Waals surface area contributed by atoms with Crippen molar-refractivity contribution in [3.8, 4) is 0 Å². The lowest BCUT2D eigenvalue weighted by Gasteiger charge is -2.29. The van der Waals surface area contributed by atoms with Crippen molar-refractivity contribution in [1.29, 1.82) is 0 Å². The van der Waals surface area contributed by atoms with E-state index in [2.05, 4.69) is 65.7 Å². The monoisotopic (exact) mass is 1360 g/mol. The van der Waals surface area contributed by atoms with Crippen molar-refractivity contribution in [1.82, 2.24) is 36.0 Å². The molecule has 12 heteroatoms. The summed E-state index contributed by atoms with van der Waals surface area (Å²) in [6, 6.07) is 0. The standard InChI is InChI=1S/C84H171N7O5/c1-6-11-16-21-26-31-36-40-44-49-54-59-66-86-82(94)74-85-73-80(92)75-89(69-62-57-53-48-43-39-34-29-24-19-14-9-4)71-64-65-72-90(70-63-58-52-47-35-30-25-20-15-10-5)76-81(93)77-91(78-83(95)87-67-60-55-50-45-41-37-32-27-22-17-12-7-2)79-84(96)88-68-61-56-51-46-42-38-33-28-23-18-13-8-3/h80-81,85,92-93H,6-79H2,1-5H3,(H,86,94)(H,87,95)(H,88,96). The Morgan fingerprint density at radius 3 is 0.708 bits per heavy atom. The first-order valence-corrected chi connectivity index (χ1v) is 43.2. The van der Waals surface area contributed by atoms with Gasteiger partial charge in [-0.25, -0.2) is 0 Å². The van der Waals surface area contributed by atoms with E-state index in [9.17, 15) is 24.6 Å². The smallest absolute Gasteiger partial charge is 0.234 e. The second-order valence-electron chi connectivity index (χ2n) is 30.2. The molecule has 0 aromatic heterocycles. The number of carbonyl (C=O) groups is 3. The van der Waals surface area contributed by atoms with E-state index in [0.29, 0.717) is 32.7 Å². The van der Waals surface area contributed by atoms with Gasteiger partial charge in [0.2, 0.25) is 17.7 Å². The van der Waals surface area contributed by atoms with Crippen LogP contribution in [0.3, 0.4) is 0 Å². The summed E-state index contributed by atoms with van der Waals surface area (Å²) >= 11 is 0. The van der Waals surface area contributed by atoms with Crippen LogP contribution < -0.4 is 21.3 Å². The molecule has 2 unspecified atom stereocenters. The predicted octanol–water partition coefficient (Wildman–Crippen LogP) is 21.1. The molecule has 2 atom stereocenters. The van der Waals surface area contributed by atoms with Crippen LogP contribution in [0.1, 0.15) is 420 Å². The van der Waals surface area contributed by atoms with Crippen molar-refractivity contribution in [2.75, 3.05) is 91.6 Å². The minimum absolute atomic E-state index is 0.00948. The van der Waals surface area contributed by atoms with E-state index >= 15 is 0 Å². The average molecular weight is 1360 g/mol. The van der Waals surface area contributed by atoms with E-state index in [4.69, 9.17) is 0 Å². The Bertz CT molecular complexity index is 1520. The molecule has 0 saturated heterocycles. The maximum atomic E-state index is 13.6.